The van der Waals surface area contributed by atoms with Crippen molar-refractivity contribution in [3.8, 4) is 0 Å². The van der Waals surface area contributed by atoms with Gasteiger partial charge in [-0.25, -0.2) is 4.57 Å². The number of hydrogen-bond donors (Lipinski definition) is 2. The Balaban J connectivity index is 5.13. The van der Waals surface area contributed by atoms with E-state index in [0.29, 0.717) is 17.4 Å². The van der Waals surface area contributed by atoms with Gasteiger partial charge in [0.05, 0.1) is 33.8 Å². The van der Waals surface area contributed by atoms with Gasteiger partial charge in [-0.1, -0.05) is 279 Å². The number of likely N-dealkylation sites (N-methyl/N-ethyl adjacent to an activating group) is 1. The molecule has 0 radical (unpaired) electrons. The normalized spacial score (nSPS) is 14.1. The van der Waals surface area contributed by atoms with Crippen LogP contribution >= 0.6 is 7.82 Å². The number of allylic oxidation sites excluding steroid dienone is 15. The maximum atomic E-state index is 13.6. The molecule has 2 N–H and O–H groups in total. The molecular weight excluding hydrogens is 1060 g/mol. The van der Waals surface area contributed by atoms with E-state index in [1.54, 1.807) is 0 Å². The van der Waals surface area contributed by atoms with Gasteiger partial charge in [0.15, 0.2) is 0 Å². The highest BCUT2D eigenvalue weighted by Gasteiger charge is 2.30. The third-order valence-corrected chi connectivity index (χ3v) is 16.2. The van der Waals surface area contributed by atoms with Crippen LogP contribution in [0.2, 0.25) is 0 Å². The van der Waals surface area contributed by atoms with Gasteiger partial charge in [-0.15, -0.1) is 0 Å². The van der Waals surface area contributed by atoms with Crippen molar-refractivity contribution in [2.75, 3.05) is 40.9 Å². The number of carbonyl (C=O) groups is 2. The molecule has 486 valence electrons. The highest BCUT2D eigenvalue weighted by molar-refractivity contribution is 7.47. The maximum Gasteiger partial charge on any atom is 0.472 e. The zero-order chi connectivity index (χ0) is 61.4. The summed E-state index contributed by atoms with van der Waals surface area (Å²) in [5.41, 5.74) is 0. The predicted octanol–water partition coefficient (Wildman–Crippen LogP) is 22.3. The average molecular weight is 1190 g/mol. The van der Waals surface area contributed by atoms with E-state index in [1.165, 1.54) is 167 Å². The summed E-state index contributed by atoms with van der Waals surface area (Å²) in [6.45, 7) is 6.96. The summed E-state index contributed by atoms with van der Waals surface area (Å²) in [5, 5.41) is 3.06. The van der Waals surface area contributed by atoms with Gasteiger partial charge in [0.2, 0.25) is 5.91 Å². The average Bonchev–Trinajstić information content (AvgIpc) is 3.64. The van der Waals surface area contributed by atoms with Crippen LogP contribution in [0, 0.1) is 0 Å². The summed E-state index contributed by atoms with van der Waals surface area (Å²) in [6, 6.07) is -0.865. The fourth-order valence-electron chi connectivity index (χ4n) is 9.81. The minimum Gasteiger partial charge on any atom is -0.456 e. The van der Waals surface area contributed by atoms with Gasteiger partial charge in [-0.3, -0.25) is 18.6 Å². The van der Waals surface area contributed by atoms with E-state index in [4.69, 9.17) is 13.8 Å². The Bertz CT molecular complexity index is 1760. The van der Waals surface area contributed by atoms with E-state index >= 15 is 0 Å². The van der Waals surface area contributed by atoms with Crippen LogP contribution in [0.1, 0.15) is 310 Å². The maximum absolute atomic E-state index is 13.6. The Hall–Kier alpha value is -3.07. The molecule has 0 bridgehead atoms. The number of phosphoric acid groups is 1. The second kappa shape index (κ2) is 63.0. The van der Waals surface area contributed by atoms with Crippen LogP contribution in [0.4, 0.5) is 0 Å². The first-order valence-electron chi connectivity index (χ1n) is 35.1. The van der Waals surface area contributed by atoms with Crippen LogP contribution in [0.15, 0.2) is 97.2 Å². The molecule has 0 fully saturated rings. The number of esters is 1. The molecule has 84 heavy (non-hydrogen) atoms. The van der Waals surface area contributed by atoms with Crippen LogP contribution in [0.3, 0.4) is 0 Å². The SMILES string of the molecule is CCCCC/C=C\C/C=C\C/C=C\C/C=C\CCCCCCCC(=O)NC(COP(=O)(O)OCC[N+](C)(C)C)C(/C=C/CCCCCCCCCCCC)OC(=O)CCCCCCCCCCCCCC/C=C\C/C=C\C/C=C\CCCCC. The van der Waals surface area contributed by atoms with Crippen molar-refractivity contribution in [2.24, 2.45) is 0 Å². The molecule has 3 atom stereocenters. The largest absolute Gasteiger partial charge is 0.472 e. The number of ether oxygens (including phenoxy) is 1. The molecule has 10 heteroatoms. The zero-order valence-corrected chi connectivity index (χ0v) is 56.5. The molecule has 3 unspecified atom stereocenters. The number of nitrogens with one attached hydrogen (secondary N) is 1. The van der Waals surface area contributed by atoms with Crippen LogP contribution in [0.25, 0.3) is 0 Å². The summed E-state index contributed by atoms with van der Waals surface area (Å²) < 4.78 is 30.8. The van der Waals surface area contributed by atoms with E-state index in [0.717, 1.165) is 109 Å². The van der Waals surface area contributed by atoms with Gasteiger partial charge in [0.1, 0.15) is 19.3 Å². The van der Waals surface area contributed by atoms with E-state index in [2.05, 4.69) is 111 Å². The molecule has 0 spiro atoms. The fourth-order valence-corrected chi connectivity index (χ4v) is 10.5. The molecule has 0 aliphatic rings. The van der Waals surface area contributed by atoms with Crippen LogP contribution in [0.5, 0.6) is 0 Å². The van der Waals surface area contributed by atoms with Gasteiger partial charge in [-0.2, -0.15) is 0 Å². The minimum absolute atomic E-state index is 0.0323. The van der Waals surface area contributed by atoms with Gasteiger partial charge in [-0.05, 0) is 115 Å². The van der Waals surface area contributed by atoms with Gasteiger partial charge < -0.3 is 19.4 Å². The molecule has 0 saturated heterocycles. The molecule has 0 aromatic heterocycles. The van der Waals surface area contributed by atoms with E-state index in [9.17, 15) is 19.0 Å². The van der Waals surface area contributed by atoms with Gasteiger partial charge in [0.25, 0.3) is 0 Å². The third-order valence-electron chi connectivity index (χ3n) is 15.2. The molecule has 0 heterocycles. The number of carbonyl (C=O) groups excluding carboxylic acids is 2. The minimum atomic E-state index is -4.46. The fraction of sp³-hybridized carbons (Fsp3) is 0.757. The number of amides is 1. The van der Waals surface area contributed by atoms with Gasteiger partial charge >= 0.3 is 13.8 Å². The first-order valence-corrected chi connectivity index (χ1v) is 36.6. The standard InChI is InChI=1S/C74H133N2O7P/c1-7-10-13-16-19-22-25-28-30-32-34-36-37-38-39-41-43-45-47-49-52-55-58-61-64-67-74(78)83-72(65-62-59-56-53-50-27-24-21-18-15-12-9-3)71(70-82-84(79,80)81-69-68-76(4,5)6)75-73(77)66-63-60-57-54-51-48-46-44-42-40-35-33-31-29-26-23-20-17-14-11-8-2/h19-20,22-23,28-31,34-36,40,44,46,62,65,71-72H,7-18,21,24-27,32-33,37-39,41-43,45,47-61,63-64,66-70H2,1-6H3,(H-,75,77,79,80)/p+1/b22-19-,23-20-,30-28-,31-29-,36-34-,40-35-,46-44-,65-62+. The quantitative estimate of drug-likeness (QED) is 0.0205. The summed E-state index contributed by atoms with van der Waals surface area (Å²) in [7, 11) is 1.48. The Morgan fingerprint density at radius 2 is 0.726 bits per heavy atom. The highest BCUT2D eigenvalue weighted by atomic mass is 31.2. The molecule has 1 amide bonds. The Morgan fingerprint density at radius 1 is 0.417 bits per heavy atom. The topological polar surface area (TPSA) is 111 Å². The second-order valence-corrected chi connectivity index (χ2v) is 26.1. The van der Waals surface area contributed by atoms with Crippen LogP contribution in [-0.2, 0) is 27.9 Å². The third kappa shape index (κ3) is 63.4. The van der Waals surface area contributed by atoms with Crippen LogP contribution < -0.4 is 5.32 Å². The van der Waals surface area contributed by atoms with Crippen molar-refractivity contribution in [3.63, 3.8) is 0 Å². The van der Waals surface area contributed by atoms with Crippen molar-refractivity contribution in [1.82, 2.24) is 5.32 Å². The number of quaternary nitrogens is 1. The highest BCUT2D eigenvalue weighted by Crippen LogP contribution is 2.43. The lowest BCUT2D eigenvalue weighted by Crippen LogP contribution is -2.47. The molecule has 9 nitrogen and oxygen atoms in total. The van der Waals surface area contributed by atoms with Crippen molar-refractivity contribution < 1.29 is 37.3 Å². The molecule has 0 aliphatic carbocycles. The first-order chi connectivity index (χ1) is 40.9. The molecule has 0 aromatic rings. The Labute approximate surface area is 519 Å². The summed E-state index contributed by atoms with van der Waals surface area (Å²) in [5.74, 6) is -0.525. The summed E-state index contributed by atoms with van der Waals surface area (Å²) in [6.07, 6.45) is 85.5. The van der Waals surface area contributed by atoms with Crippen molar-refractivity contribution in [1.29, 1.82) is 0 Å². The zero-order valence-electron chi connectivity index (χ0n) is 55.6. The number of phosphoric ester groups is 1. The molecule has 0 aromatic carbocycles. The van der Waals surface area contributed by atoms with Crippen molar-refractivity contribution in [2.45, 2.75) is 322 Å². The summed E-state index contributed by atoms with van der Waals surface area (Å²) >= 11 is 0. The van der Waals surface area contributed by atoms with E-state index in [1.807, 2.05) is 33.3 Å². The lowest BCUT2D eigenvalue weighted by Gasteiger charge is -2.27. The number of nitrogens with zero attached hydrogens (tertiary/aromatic N) is 1. The second-order valence-electron chi connectivity index (χ2n) is 24.7. The number of hydrogen-bond acceptors (Lipinski definition) is 6. The number of unbranched alkanes of at least 4 members (excludes halogenated alkanes) is 33. The molecule has 0 aliphatic heterocycles. The van der Waals surface area contributed by atoms with Crippen molar-refractivity contribution in [3.05, 3.63) is 97.2 Å². The van der Waals surface area contributed by atoms with Crippen LogP contribution in [-0.4, -0.2) is 74.3 Å². The van der Waals surface area contributed by atoms with E-state index in [-0.39, 0.29) is 31.5 Å². The molecule has 0 saturated carbocycles. The summed E-state index contributed by atoms with van der Waals surface area (Å²) in [4.78, 5) is 37.9. The first kappa shape index (κ1) is 80.9. The van der Waals surface area contributed by atoms with Crippen molar-refractivity contribution >= 4 is 19.7 Å². The van der Waals surface area contributed by atoms with Gasteiger partial charge in [0, 0.05) is 12.8 Å². The predicted molar refractivity (Wildman–Crippen MR) is 364 cm³/mol. The molecule has 0 rings (SSSR count). The smallest absolute Gasteiger partial charge is 0.456 e. The monoisotopic (exact) mass is 1190 g/mol. The number of rotatable bonds is 63. The Morgan fingerprint density at radius 3 is 1.11 bits per heavy atom. The lowest BCUT2D eigenvalue weighted by atomic mass is 10.0. The van der Waals surface area contributed by atoms with E-state index < -0.39 is 20.0 Å². The molecular formula is C74H134N2O7P+. The lowest BCUT2D eigenvalue weighted by molar-refractivity contribution is -0.870. The Kier molecular flexibility index (Phi) is 60.7.